The summed E-state index contributed by atoms with van der Waals surface area (Å²) < 4.78 is 34.7. The Bertz CT molecular complexity index is 483. The molecule has 3 nitrogen and oxygen atoms in total. The molecule has 0 spiro atoms. The molecule has 0 aromatic heterocycles. The molecule has 0 bridgehead atoms. The van der Waals surface area contributed by atoms with Crippen molar-refractivity contribution < 1.29 is 17.9 Å². The van der Waals surface area contributed by atoms with Gasteiger partial charge in [-0.25, -0.2) is 12.8 Å². The molecule has 0 amide bonds. The van der Waals surface area contributed by atoms with Gasteiger partial charge in [0.25, 0.3) is 0 Å². The normalized spacial score (nSPS) is 13.6. The van der Waals surface area contributed by atoms with E-state index in [4.69, 9.17) is 0 Å². The second kappa shape index (κ2) is 5.60. The van der Waals surface area contributed by atoms with Crippen molar-refractivity contribution in [3.05, 3.63) is 35.1 Å². The van der Waals surface area contributed by atoms with Gasteiger partial charge in [-0.1, -0.05) is 6.07 Å². The Labute approximate surface area is 101 Å². The van der Waals surface area contributed by atoms with E-state index in [0.29, 0.717) is 24.0 Å². The van der Waals surface area contributed by atoms with Gasteiger partial charge >= 0.3 is 0 Å². The molecule has 5 heteroatoms. The summed E-state index contributed by atoms with van der Waals surface area (Å²) in [4.78, 5) is 0. The maximum absolute atomic E-state index is 12.9. The number of rotatable bonds is 5. The number of hydrogen-bond donors (Lipinski definition) is 1. The third-order valence-electron chi connectivity index (χ3n) is 2.58. The summed E-state index contributed by atoms with van der Waals surface area (Å²) >= 11 is 0. The van der Waals surface area contributed by atoms with Crippen LogP contribution < -0.4 is 0 Å². The van der Waals surface area contributed by atoms with Gasteiger partial charge in [0.05, 0.1) is 6.10 Å². The first kappa shape index (κ1) is 14.1. The molecule has 0 heterocycles. The summed E-state index contributed by atoms with van der Waals surface area (Å²) in [5.74, 6) is -0.279. The molecule has 0 saturated heterocycles. The number of aryl methyl sites for hydroxylation is 1. The Morgan fingerprint density at radius 1 is 1.41 bits per heavy atom. The van der Waals surface area contributed by atoms with Crippen LogP contribution in [0, 0.1) is 12.7 Å². The van der Waals surface area contributed by atoms with Crippen molar-refractivity contribution in [1.29, 1.82) is 0 Å². The van der Waals surface area contributed by atoms with E-state index in [0.717, 1.165) is 0 Å². The predicted molar refractivity (Wildman–Crippen MR) is 65.0 cm³/mol. The molecule has 1 aromatic rings. The number of aliphatic hydroxyl groups is 1. The van der Waals surface area contributed by atoms with Gasteiger partial charge in [-0.3, -0.25) is 0 Å². The Hall–Kier alpha value is -0.940. The first-order valence-corrected chi connectivity index (χ1v) is 7.47. The zero-order valence-electron chi connectivity index (χ0n) is 9.98. The smallest absolute Gasteiger partial charge is 0.147 e. The van der Waals surface area contributed by atoms with Gasteiger partial charge < -0.3 is 5.11 Å². The van der Waals surface area contributed by atoms with Gasteiger partial charge in [-0.05, 0) is 43.0 Å². The molecule has 0 aliphatic heterocycles. The van der Waals surface area contributed by atoms with Crippen LogP contribution in [0.1, 0.15) is 30.1 Å². The van der Waals surface area contributed by atoms with Crippen molar-refractivity contribution in [1.82, 2.24) is 0 Å². The van der Waals surface area contributed by atoms with Crippen LogP contribution in [0.5, 0.6) is 0 Å². The van der Waals surface area contributed by atoms with Crippen LogP contribution in [0.15, 0.2) is 18.2 Å². The molecule has 1 unspecified atom stereocenters. The second-order valence-corrected chi connectivity index (χ2v) is 6.55. The van der Waals surface area contributed by atoms with Crippen LogP contribution in [0.2, 0.25) is 0 Å². The van der Waals surface area contributed by atoms with E-state index in [1.807, 2.05) is 0 Å². The molecule has 0 saturated carbocycles. The fourth-order valence-electron chi connectivity index (χ4n) is 1.71. The van der Waals surface area contributed by atoms with Crippen LogP contribution in [-0.2, 0) is 9.84 Å². The van der Waals surface area contributed by atoms with E-state index in [2.05, 4.69) is 0 Å². The minimum Gasteiger partial charge on any atom is -0.388 e. The number of aliphatic hydroxyl groups excluding tert-OH is 1. The van der Waals surface area contributed by atoms with Crippen LogP contribution in [0.4, 0.5) is 4.39 Å². The lowest BCUT2D eigenvalue weighted by Gasteiger charge is -2.13. The molecule has 1 atom stereocenters. The zero-order chi connectivity index (χ0) is 13.1. The van der Waals surface area contributed by atoms with E-state index in [-0.39, 0.29) is 11.6 Å². The average molecular weight is 260 g/mol. The minimum atomic E-state index is -2.99. The molecule has 0 aliphatic carbocycles. The van der Waals surface area contributed by atoms with Gasteiger partial charge in [-0.2, -0.15) is 0 Å². The molecule has 1 aromatic carbocycles. The maximum atomic E-state index is 12.9. The highest BCUT2D eigenvalue weighted by atomic mass is 32.2. The van der Waals surface area contributed by atoms with Gasteiger partial charge in [0.1, 0.15) is 15.7 Å². The Morgan fingerprint density at radius 2 is 2.06 bits per heavy atom. The number of hydrogen-bond acceptors (Lipinski definition) is 3. The van der Waals surface area contributed by atoms with E-state index >= 15 is 0 Å². The molecule has 17 heavy (non-hydrogen) atoms. The van der Waals surface area contributed by atoms with Crippen LogP contribution in [0.3, 0.4) is 0 Å². The summed E-state index contributed by atoms with van der Waals surface area (Å²) in [5.41, 5.74) is 1.33. The fraction of sp³-hybridized carbons (Fsp3) is 0.500. The zero-order valence-corrected chi connectivity index (χ0v) is 10.8. The standard InChI is InChI=1S/C12H17FO3S/c1-9-8-10(13)5-6-11(9)12(14)4-3-7-17(2,15)16/h5-6,8,12,14H,3-4,7H2,1-2H3. The van der Waals surface area contributed by atoms with Crippen molar-refractivity contribution >= 4 is 9.84 Å². The first-order chi connectivity index (χ1) is 7.79. The highest BCUT2D eigenvalue weighted by Crippen LogP contribution is 2.22. The quantitative estimate of drug-likeness (QED) is 0.881. The number of halogens is 1. The summed E-state index contributed by atoms with van der Waals surface area (Å²) in [6.45, 7) is 1.72. The van der Waals surface area contributed by atoms with Crippen LogP contribution >= 0.6 is 0 Å². The lowest BCUT2D eigenvalue weighted by atomic mass is 10.0. The molecule has 0 fully saturated rings. The predicted octanol–water partition coefficient (Wildman–Crippen LogP) is 1.99. The average Bonchev–Trinajstić information content (AvgIpc) is 2.15. The van der Waals surface area contributed by atoms with E-state index < -0.39 is 15.9 Å². The summed E-state index contributed by atoms with van der Waals surface area (Å²) in [7, 11) is -2.99. The van der Waals surface area contributed by atoms with Gasteiger partial charge in [0.15, 0.2) is 0 Å². The lowest BCUT2D eigenvalue weighted by molar-refractivity contribution is 0.166. The highest BCUT2D eigenvalue weighted by molar-refractivity contribution is 7.90. The fourth-order valence-corrected chi connectivity index (χ4v) is 2.40. The lowest BCUT2D eigenvalue weighted by Crippen LogP contribution is -2.06. The Morgan fingerprint density at radius 3 is 2.59 bits per heavy atom. The van der Waals surface area contributed by atoms with E-state index in [1.54, 1.807) is 6.92 Å². The SMILES string of the molecule is Cc1cc(F)ccc1C(O)CCCS(C)(=O)=O. The minimum absolute atomic E-state index is 0.0598. The third kappa shape index (κ3) is 4.83. The van der Waals surface area contributed by atoms with E-state index in [1.165, 1.54) is 24.5 Å². The summed E-state index contributed by atoms with van der Waals surface area (Å²) in [5, 5.41) is 9.87. The highest BCUT2D eigenvalue weighted by Gasteiger charge is 2.12. The van der Waals surface area contributed by atoms with Crippen molar-refractivity contribution in [2.45, 2.75) is 25.9 Å². The molecule has 96 valence electrons. The molecule has 1 rings (SSSR count). The van der Waals surface area contributed by atoms with Crippen molar-refractivity contribution in [2.75, 3.05) is 12.0 Å². The summed E-state index contributed by atoms with van der Waals surface area (Å²) in [6, 6.07) is 4.19. The van der Waals surface area contributed by atoms with Crippen molar-refractivity contribution in [2.24, 2.45) is 0 Å². The topological polar surface area (TPSA) is 54.4 Å². The van der Waals surface area contributed by atoms with Crippen LogP contribution in [0.25, 0.3) is 0 Å². The number of benzene rings is 1. The van der Waals surface area contributed by atoms with Crippen molar-refractivity contribution in [3.63, 3.8) is 0 Å². The largest absolute Gasteiger partial charge is 0.388 e. The maximum Gasteiger partial charge on any atom is 0.147 e. The first-order valence-electron chi connectivity index (χ1n) is 5.41. The third-order valence-corrected chi connectivity index (χ3v) is 3.61. The molecule has 0 radical (unpaired) electrons. The van der Waals surface area contributed by atoms with Gasteiger partial charge in [-0.15, -0.1) is 0 Å². The van der Waals surface area contributed by atoms with Gasteiger partial charge in [0.2, 0.25) is 0 Å². The molecular formula is C12H17FO3S. The summed E-state index contributed by atoms with van der Waals surface area (Å²) in [6.07, 6.45) is 1.19. The second-order valence-electron chi connectivity index (χ2n) is 4.29. The molecule has 1 N–H and O–H groups in total. The van der Waals surface area contributed by atoms with Gasteiger partial charge in [0, 0.05) is 12.0 Å². The number of sulfone groups is 1. The van der Waals surface area contributed by atoms with Crippen LogP contribution in [-0.4, -0.2) is 25.5 Å². The Kier molecular flexibility index (Phi) is 4.65. The monoisotopic (exact) mass is 260 g/mol. The Balaban J connectivity index is 2.61. The van der Waals surface area contributed by atoms with Crippen molar-refractivity contribution in [3.8, 4) is 0 Å². The molecular weight excluding hydrogens is 243 g/mol. The van der Waals surface area contributed by atoms with E-state index in [9.17, 15) is 17.9 Å². The molecule has 0 aliphatic rings.